The lowest BCUT2D eigenvalue weighted by molar-refractivity contribution is -0.149. The van der Waals surface area contributed by atoms with Crippen LogP contribution in [0.15, 0.2) is 53.4 Å². The third kappa shape index (κ3) is 3.97. The van der Waals surface area contributed by atoms with Crippen LogP contribution in [0.5, 0.6) is 11.5 Å². The Kier molecular flexibility index (Phi) is 5.82. The summed E-state index contributed by atoms with van der Waals surface area (Å²) in [5, 5.41) is 0. The highest BCUT2D eigenvalue weighted by Gasteiger charge is 2.51. The van der Waals surface area contributed by atoms with Gasteiger partial charge >= 0.3 is 5.97 Å². The molecule has 5 rings (SSSR count). The molecule has 0 aromatic heterocycles. The molecule has 2 heterocycles. The molecular formula is C24H27NO6S. The standard InChI is InChI=1S/C24H27NO6S/c26-24(31-16-17-6-2-1-3-7-17)21-14-18-8-4-5-9-20(18)25(21)32(27,28)19-10-11-22-23(15-19)30-13-12-29-22/h1-3,6-7,10-11,15,18,20-21H,4-5,8-9,12-14,16H2/t18-,20-,21+/m1/s1. The summed E-state index contributed by atoms with van der Waals surface area (Å²) in [6, 6.07) is 13.1. The molecule has 32 heavy (non-hydrogen) atoms. The van der Waals surface area contributed by atoms with Gasteiger partial charge in [-0.05, 0) is 42.9 Å². The molecule has 3 aliphatic rings. The third-order valence-electron chi connectivity index (χ3n) is 6.61. The largest absolute Gasteiger partial charge is 0.486 e. The van der Waals surface area contributed by atoms with Gasteiger partial charge in [0.25, 0.3) is 0 Å². The average molecular weight is 458 g/mol. The zero-order chi connectivity index (χ0) is 22.1. The Balaban J connectivity index is 1.43. The molecule has 1 aliphatic carbocycles. The number of sulfonamides is 1. The summed E-state index contributed by atoms with van der Waals surface area (Å²) in [5.41, 5.74) is 0.873. The summed E-state index contributed by atoms with van der Waals surface area (Å²) in [6.07, 6.45) is 4.21. The van der Waals surface area contributed by atoms with Crippen LogP contribution in [-0.4, -0.2) is 44.0 Å². The Morgan fingerprint density at radius 1 is 1.00 bits per heavy atom. The van der Waals surface area contributed by atoms with E-state index < -0.39 is 22.0 Å². The van der Waals surface area contributed by atoms with Crippen molar-refractivity contribution in [2.75, 3.05) is 13.2 Å². The van der Waals surface area contributed by atoms with E-state index in [-0.39, 0.29) is 23.5 Å². The number of carbonyl (C=O) groups is 1. The second kappa shape index (κ2) is 8.75. The van der Waals surface area contributed by atoms with Crippen molar-refractivity contribution in [1.82, 2.24) is 4.31 Å². The molecule has 2 aliphatic heterocycles. The molecule has 2 fully saturated rings. The number of benzene rings is 2. The molecule has 0 bridgehead atoms. The van der Waals surface area contributed by atoms with Gasteiger partial charge in [-0.15, -0.1) is 0 Å². The van der Waals surface area contributed by atoms with Crippen LogP contribution in [0.4, 0.5) is 0 Å². The Bertz CT molecular complexity index is 1090. The van der Waals surface area contributed by atoms with Gasteiger partial charge in [-0.3, -0.25) is 4.79 Å². The predicted octanol–water partition coefficient (Wildman–Crippen LogP) is 3.52. The maximum Gasteiger partial charge on any atom is 0.324 e. The molecule has 0 amide bonds. The van der Waals surface area contributed by atoms with Gasteiger partial charge in [0.15, 0.2) is 11.5 Å². The van der Waals surface area contributed by atoms with Crippen molar-refractivity contribution in [2.24, 2.45) is 5.92 Å². The van der Waals surface area contributed by atoms with Crippen LogP contribution in [0.3, 0.4) is 0 Å². The minimum absolute atomic E-state index is 0.119. The van der Waals surface area contributed by atoms with E-state index >= 15 is 0 Å². The summed E-state index contributed by atoms with van der Waals surface area (Å²) in [6.45, 7) is 0.938. The van der Waals surface area contributed by atoms with E-state index in [9.17, 15) is 13.2 Å². The summed E-state index contributed by atoms with van der Waals surface area (Å²) in [5.74, 6) is 0.639. The van der Waals surface area contributed by atoms with E-state index in [4.69, 9.17) is 14.2 Å². The van der Waals surface area contributed by atoms with Crippen molar-refractivity contribution in [1.29, 1.82) is 0 Å². The number of nitrogens with zero attached hydrogens (tertiary/aromatic N) is 1. The van der Waals surface area contributed by atoms with Gasteiger partial charge in [0.2, 0.25) is 10.0 Å². The molecule has 0 unspecified atom stereocenters. The van der Waals surface area contributed by atoms with Gasteiger partial charge in [-0.2, -0.15) is 4.31 Å². The second-order valence-electron chi connectivity index (χ2n) is 8.60. The van der Waals surface area contributed by atoms with Crippen LogP contribution in [-0.2, 0) is 26.2 Å². The molecule has 2 aromatic rings. The number of rotatable bonds is 5. The fourth-order valence-electron chi connectivity index (χ4n) is 5.10. The smallest absolute Gasteiger partial charge is 0.324 e. The Hall–Kier alpha value is -2.58. The lowest BCUT2D eigenvalue weighted by Gasteiger charge is -2.32. The summed E-state index contributed by atoms with van der Waals surface area (Å²) in [7, 11) is -3.92. The SMILES string of the molecule is O=C(OCc1ccccc1)[C@@H]1C[C@H]2CCCC[C@H]2N1S(=O)(=O)c1ccc2c(c1)OCCO2. The van der Waals surface area contributed by atoms with Crippen LogP contribution in [0, 0.1) is 5.92 Å². The van der Waals surface area contributed by atoms with E-state index in [1.54, 1.807) is 6.07 Å². The first-order valence-electron chi connectivity index (χ1n) is 11.2. The van der Waals surface area contributed by atoms with E-state index in [2.05, 4.69) is 0 Å². The summed E-state index contributed by atoms with van der Waals surface area (Å²) in [4.78, 5) is 13.2. The van der Waals surface area contributed by atoms with Gasteiger partial charge in [0.05, 0.1) is 4.90 Å². The molecule has 3 atom stereocenters. The van der Waals surface area contributed by atoms with E-state index in [1.165, 1.54) is 16.4 Å². The van der Waals surface area contributed by atoms with E-state index in [0.717, 1.165) is 31.2 Å². The van der Waals surface area contributed by atoms with Gasteiger partial charge in [-0.1, -0.05) is 43.2 Å². The third-order valence-corrected chi connectivity index (χ3v) is 8.54. The van der Waals surface area contributed by atoms with E-state index in [1.807, 2.05) is 30.3 Å². The van der Waals surface area contributed by atoms with Gasteiger partial charge in [0, 0.05) is 12.1 Å². The molecule has 8 heteroatoms. The van der Waals surface area contributed by atoms with Crippen molar-refractivity contribution in [2.45, 2.75) is 55.7 Å². The molecule has 1 saturated heterocycles. The highest BCUT2D eigenvalue weighted by molar-refractivity contribution is 7.89. The van der Waals surface area contributed by atoms with Crippen molar-refractivity contribution < 1.29 is 27.4 Å². The Morgan fingerprint density at radius 2 is 1.75 bits per heavy atom. The molecular weight excluding hydrogens is 430 g/mol. The van der Waals surface area contributed by atoms with E-state index in [0.29, 0.717) is 31.1 Å². The number of fused-ring (bicyclic) bond motifs is 2. The lowest BCUT2D eigenvalue weighted by Crippen LogP contribution is -2.46. The zero-order valence-corrected chi connectivity index (χ0v) is 18.6. The summed E-state index contributed by atoms with van der Waals surface area (Å²) >= 11 is 0. The molecule has 170 valence electrons. The number of hydrogen-bond donors (Lipinski definition) is 0. The summed E-state index contributed by atoms with van der Waals surface area (Å²) < 4.78 is 45.7. The topological polar surface area (TPSA) is 82.1 Å². The number of esters is 1. The molecule has 1 saturated carbocycles. The van der Waals surface area contributed by atoms with Gasteiger partial charge in [-0.25, -0.2) is 8.42 Å². The van der Waals surface area contributed by atoms with Crippen molar-refractivity contribution in [3.63, 3.8) is 0 Å². The first-order chi connectivity index (χ1) is 15.5. The van der Waals surface area contributed by atoms with Gasteiger partial charge in [0.1, 0.15) is 25.9 Å². The normalized spacial score (nSPS) is 25.2. The fourth-order valence-corrected chi connectivity index (χ4v) is 6.98. The number of ether oxygens (including phenoxy) is 3. The molecule has 2 aromatic carbocycles. The molecule has 7 nitrogen and oxygen atoms in total. The first kappa shape index (κ1) is 21.3. The van der Waals surface area contributed by atoms with Crippen molar-refractivity contribution >= 4 is 16.0 Å². The van der Waals surface area contributed by atoms with Crippen LogP contribution in [0.1, 0.15) is 37.7 Å². The predicted molar refractivity (Wildman–Crippen MR) is 117 cm³/mol. The van der Waals surface area contributed by atoms with Crippen LogP contribution in [0.2, 0.25) is 0 Å². The Labute approximate surface area is 188 Å². The fraction of sp³-hybridized carbons (Fsp3) is 0.458. The highest BCUT2D eigenvalue weighted by atomic mass is 32.2. The van der Waals surface area contributed by atoms with Gasteiger partial charge < -0.3 is 14.2 Å². The van der Waals surface area contributed by atoms with Crippen molar-refractivity contribution in [3.8, 4) is 11.5 Å². The average Bonchev–Trinajstić information content (AvgIpc) is 3.23. The lowest BCUT2D eigenvalue weighted by atomic mass is 9.85. The highest BCUT2D eigenvalue weighted by Crippen LogP contribution is 2.44. The quantitative estimate of drug-likeness (QED) is 0.639. The second-order valence-corrected chi connectivity index (χ2v) is 10.4. The number of hydrogen-bond acceptors (Lipinski definition) is 6. The molecule has 0 radical (unpaired) electrons. The van der Waals surface area contributed by atoms with Crippen LogP contribution < -0.4 is 9.47 Å². The minimum Gasteiger partial charge on any atom is -0.486 e. The minimum atomic E-state index is -3.92. The maximum absolute atomic E-state index is 13.8. The zero-order valence-electron chi connectivity index (χ0n) is 17.8. The Morgan fingerprint density at radius 3 is 2.56 bits per heavy atom. The number of carbonyl (C=O) groups excluding carboxylic acids is 1. The monoisotopic (exact) mass is 457 g/mol. The first-order valence-corrected chi connectivity index (χ1v) is 12.6. The molecule has 0 spiro atoms. The maximum atomic E-state index is 13.8. The van der Waals surface area contributed by atoms with Crippen LogP contribution >= 0.6 is 0 Å². The molecule has 0 N–H and O–H groups in total. The van der Waals surface area contributed by atoms with Crippen molar-refractivity contribution in [3.05, 3.63) is 54.1 Å². The van der Waals surface area contributed by atoms with Crippen LogP contribution in [0.25, 0.3) is 0 Å².